The summed E-state index contributed by atoms with van der Waals surface area (Å²) in [5, 5.41) is 10.2. The van der Waals surface area contributed by atoms with Gasteiger partial charge in [0.1, 0.15) is 12.4 Å². The number of benzene rings is 2. The van der Waals surface area contributed by atoms with Gasteiger partial charge in [0.25, 0.3) is 0 Å². The lowest BCUT2D eigenvalue weighted by Gasteiger charge is -2.25. The Morgan fingerprint density at radius 3 is 2.52 bits per heavy atom. The number of methoxy groups -OCH3 is 1. The van der Waals surface area contributed by atoms with E-state index in [1.807, 2.05) is 36.4 Å². The average molecular weight is 339 g/mol. The van der Waals surface area contributed by atoms with E-state index in [0.29, 0.717) is 13.1 Å². The maximum Gasteiger partial charge on any atom is 0.119 e. The van der Waals surface area contributed by atoms with Crippen molar-refractivity contribution in [2.24, 2.45) is 0 Å². The molecule has 2 aromatic carbocycles. The maximum atomic E-state index is 10.2. The molecule has 0 radical (unpaired) electrons. The molecular weight excluding hydrogens is 314 g/mol. The van der Waals surface area contributed by atoms with Crippen LogP contribution in [-0.2, 0) is 17.8 Å². The summed E-state index contributed by atoms with van der Waals surface area (Å²) in [6.45, 7) is 2.39. The highest BCUT2D eigenvalue weighted by Crippen LogP contribution is 2.16. The Hall–Kier alpha value is -2.32. The van der Waals surface area contributed by atoms with Gasteiger partial charge in [-0.25, -0.2) is 0 Å². The van der Waals surface area contributed by atoms with Gasteiger partial charge < -0.3 is 14.6 Å². The van der Waals surface area contributed by atoms with Crippen molar-refractivity contribution < 1.29 is 14.6 Å². The van der Waals surface area contributed by atoms with Crippen LogP contribution in [0.4, 0.5) is 0 Å². The largest absolute Gasteiger partial charge is 0.497 e. The Morgan fingerprint density at radius 1 is 1.08 bits per heavy atom. The standard InChI is InChI=1S/C21H25NO3/c1-3-12-25-17-20(23)16-22(14-18-8-5-4-6-9-18)15-19-10-7-11-21(13-19)24-2/h1,4-11,13,20,23H,12,14-17H2,2H3/t20-/m1/s1. The van der Waals surface area contributed by atoms with Crippen LogP contribution in [0.25, 0.3) is 0 Å². The van der Waals surface area contributed by atoms with Crippen molar-refractivity contribution in [3.05, 3.63) is 65.7 Å². The van der Waals surface area contributed by atoms with Gasteiger partial charge in [0.15, 0.2) is 0 Å². The van der Waals surface area contributed by atoms with Gasteiger partial charge in [-0.15, -0.1) is 6.42 Å². The van der Waals surface area contributed by atoms with Crippen molar-refractivity contribution in [3.63, 3.8) is 0 Å². The van der Waals surface area contributed by atoms with E-state index in [0.717, 1.165) is 17.9 Å². The summed E-state index contributed by atoms with van der Waals surface area (Å²) in [5.41, 5.74) is 2.33. The normalized spacial score (nSPS) is 11.9. The topological polar surface area (TPSA) is 41.9 Å². The van der Waals surface area contributed by atoms with Crippen LogP contribution in [0.2, 0.25) is 0 Å². The predicted molar refractivity (Wildman–Crippen MR) is 99.2 cm³/mol. The lowest BCUT2D eigenvalue weighted by molar-refractivity contribution is 0.0243. The fourth-order valence-corrected chi connectivity index (χ4v) is 2.66. The number of nitrogens with zero attached hydrogens (tertiary/aromatic N) is 1. The molecule has 4 nitrogen and oxygen atoms in total. The third-order valence-corrected chi connectivity index (χ3v) is 3.75. The second-order valence-corrected chi connectivity index (χ2v) is 5.88. The molecule has 0 amide bonds. The van der Waals surface area contributed by atoms with Crippen LogP contribution >= 0.6 is 0 Å². The van der Waals surface area contributed by atoms with Crippen LogP contribution in [0.5, 0.6) is 5.75 Å². The number of terminal acetylenes is 1. The zero-order valence-corrected chi connectivity index (χ0v) is 14.6. The molecule has 0 bridgehead atoms. The van der Waals surface area contributed by atoms with E-state index in [-0.39, 0.29) is 13.2 Å². The molecule has 4 heteroatoms. The van der Waals surface area contributed by atoms with Gasteiger partial charge in [-0.3, -0.25) is 4.90 Å². The van der Waals surface area contributed by atoms with E-state index in [1.54, 1.807) is 7.11 Å². The van der Waals surface area contributed by atoms with Gasteiger partial charge in [0.05, 0.1) is 19.8 Å². The van der Waals surface area contributed by atoms with Crippen LogP contribution in [0, 0.1) is 12.3 Å². The maximum absolute atomic E-state index is 10.2. The Labute approximate surface area is 150 Å². The van der Waals surface area contributed by atoms with Gasteiger partial charge in [0.2, 0.25) is 0 Å². The van der Waals surface area contributed by atoms with Crippen molar-refractivity contribution in [2.75, 3.05) is 26.9 Å². The van der Waals surface area contributed by atoms with Gasteiger partial charge in [-0.1, -0.05) is 48.4 Å². The zero-order chi connectivity index (χ0) is 17.9. The molecule has 25 heavy (non-hydrogen) atoms. The second kappa shape index (κ2) is 10.5. The van der Waals surface area contributed by atoms with Crippen LogP contribution in [0.1, 0.15) is 11.1 Å². The third-order valence-electron chi connectivity index (χ3n) is 3.75. The Morgan fingerprint density at radius 2 is 1.80 bits per heavy atom. The molecule has 0 unspecified atom stereocenters. The van der Waals surface area contributed by atoms with E-state index in [9.17, 15) is 5.11 Å². The number of rotatable bonds is 10. The van der Waals surface area contributed by atoms with Crippen molar-refractivity contribution in [1.82, 2.24) is 4.90 Å². The average Bonchev–Trinajstić information content (AvgIpc) is 2.63. The quantitative estimate of drug-likeness (QED) is 0.534. The Kier molecular flexibility index (Phi) is 8.00. The molecule has 2 rings (SSSR count). The monoisotopic (exact) mass is 339 g/mol. The number of aliphatic hydroxyl groups excluding tert-OH is 1. The minimum Gasteiger partial charge on any atom is -0.497 e. The molecule has 0 aliphatic carbocycles. The Balaban J connectivity index is 2.04. The summed E-state index contributed by atoms with van der Waals surface area (Å²) < 4.78 is 10.5. The first kappa shape index (κ1) is 19.0. The summed E-state index contributed by atoms with van der Waals surface area (Å²) >= 11 is 0. The molecular formula is C21H25NO3. The number of ether oxygens (including phenoxy) is 2. The summed E-state index contributed by atoms with van der Waals surface area (Å²) in [6.07, 6.45) is 4.57. The van der Waals surface area contributed by atoms with Crippen molar-refractivity contribution in [3.8, 4) is 18.1 Å². The summed E-state index contributed by atoms with van der Waals surface area (Å²) in [6, 6.07) is 18.2. The predicted octanol–water partition coefficient (Wildman–Crippen LogP) is 2.71. The van der Waals surface area contributed by atoms with Crippen LogP contribution in [-0.4, -0.2) is 43.0 Å². The van der Waals surface area contributed by atoms with Crippen molar-refractivity contribution >= 4 is 0 Å². The first-order valence-electron chi connectivity index (χ1n) is 8.29. The third kappa shape index (κ3) is 6.98. The molecule has 0 aliphatic rings. The molecule has 1 N–H and O–H groups in total. The number of aliphatic hydroxyl groups is 1. The van der Waals surface area contributed by atoms with E-state index in [4.69, 9.17) is 15.9 Å². The molecule has 0 fully saturated rings. The minimum atomic E-state index is -0.595. The molecule has 0 aromatic heterocycles. The van der Waals surface area contributed by atoms with Gasteiger partial charge in [-0.05, 0) is 23.3 Å². The van der Waals surface area contributed by atoms with Crippen molar-refractivity contribution in [1.29, 1.82) is 0 Å². The lowest BCUT2D eigenvalue weighted by atomic mass is 10.1. The minimum absolute atomic E-state index is 0.214. The van der Waals surface area contributed by atoms with E-state index < -0.39 is 6.10 Å². The number of hydrogen-bond donors (Lipinski definition) is 1. The summed E-state index contributed by atoms with van der Waals surface area (Å²) in [7, 11) is 1.66. The second-order valence-electron chi connectivity index (χ2n) is 5.88. The van der Waals surface area contributed by atoms with E-state index in [2.05, 4.69) is 29.0 Å². The first-order valence-corrected chi connectivity index (χ1v) is 8.29. The fourth-order valence-electron chi connectivity index (χ4n) is 2.66. The first-order chi connectivity index (χ1) is 12.2. The van der Waals surface area contributed by atoms with Crippen LogP contribution in [0.15, 0.2) is 54.6 Å². The molecule has 0 saturated heterocycles. The van der Waals surface area contributed by atoms with Gasteiger partial charge in [0, 0.05) is 19.6 Å². The molecule has 0 saturated carbocycles. The molecule has 2 aromatic rings. The van der Waals surface area contributed by atoms with Crippen molar-refractivity contribution in [2.45, 2.75) is 19.2 Å². The lowest BCUT2D eigenvalue weighted by Crippen LogP contribution is -2.34. The SMILES string of the molecule is C#CCOC[C@H](O)CN(Cc1ccccc1)Cc1cccc(OC)c1. The highest BCUT2D eigenvalue weighted by Gasteiger charge is 2.13. The Bertz CT molecular complexity index is 666. The van der Waals surface area contributed by atoms with Gasteiger partial charge in [-0.2, -0.15) is 0 Å². The van der Waals surface area contributed by atoms with Gasteiger partial charge >= 0.3 is 0 Å². The smallest absolute Gasteiger partial charge is 0.119 e. The molecule has 0 aliphatic heterocycles. The highest BCUT2D eigenvalue weighted by molar-refractivity contribution is 5.28. The van der Waals surface area contributed by atoms with E-state index in [1.165, 1.54) is 5.56 Å². The summed E-state index contributed by atoms with van der Waals surface area (Å²) in [5.74, 6) is 3.24. The van der Waals surface area contributed by atoms with Crippen LogP contribution < -0.4 is 4.74 Å². The molecule has 132 valence electrons. The van der Waals surface area contributed by atoms with E-state index >= 15 is 0 Å². The fraction of sp³-hybridized carbons (Fsp3) is 0.333. The molecule has 0 spiro atoms. The molecule has 0 heterocycles. The van der Waals surface area contributed by atoms with Crippen LogP contribution in [0.3, 0.4) is 0 Å². The number of hydrogen-bond acceptors (Lipinski definition) is 4. The molecule has 1 atom stereocenters. The zero-order valence-electron chi connectivity index (χ0n) is 14.6. The highest BCUT2D eigenvalue weighted by atomic mass is 16.5. The summed E-state index contributed by atoms with van der Waals surface area (Å²) in [4.78, 5) is 2.19.